The maximum Gasteiger partial charge on any atom is 0.0454 e. The normalized spacial score (nSPS) is 25.7. The van der Waals surface area contributed by atoms with Gasteiger partial charge in [0.05, 0.1) is 0 Å². The van der Waals surface area contributed by atoms with Crippen LogP contribution >= 0.6 is 27.3 Å². The number of thiophene rings is 1. The van der Waals surface area contributed by atoms with Crippen molar-refractivity contribution in [1.29, 1.82) is 0 Å². The van der Waals surface area contributed by atoms with Crippen LogP contribution in [-0.2, 0) is 0 Å². The van der Waals surface area contributed by atoms with Gasteiger partial charge >= 0.3 is 0 Å². The van der Waals surface area contributed by atoms with Crippen LogP contribution in [-0.4, -0.2) is 6.54 Å². The summed E-state index contributed by atoms with van der Waals surface area (Å²) >= 11 is 5.60. The number of nitrogens with one attached hydrogen (secondary N) is 1. The first-order valence-electron chi connectivity index (χ1n) is 7.59. The molecule has 0 aliphatic heterocycles. The van der Waals surface area contributed by atoms with Crippen molar-refractivity contribution in [3.05, 3.63) is 20.8 Å². The van der Waals surface area contributed by atoms with Crippen molar-refractivity contribution in [3.8, 4) is 0 Å². The summed E-state index contributed by atoms with van der Waals surface area (Å²) in [6.07, 6.45) is 5.58. The fourth-order valence-electron chi connectivity index (χ4n) is 3.37. The second kappa shape index (κ2) is 7.24. The van der Waals surface area contributed by atoms with Gasteiger partial charge in [-0.15, -0.1) is 11.3 Å². The number of hydrogen-bond acceptors (Lipinski definition) is 2. The third-order valence-corrected chi connectivity index (χ3v) is 6.54. The molecule has 3 heteroatoms. The molecule has 1 heterocycles. The molecule has 1 fully saturated rings. The van der Waals surface area contributed by atoms with E-state index < -0.39 is 0 Å². The van der Waals surface area contributed by atoms with Crippen LogP contribution in [0.4, 0.5) is 0 Å². The van der Waals surface area contributed by atoms with Crippen LogP contribution in [0.15, 0.2) is 15.9 Å². The van der Waals surface area contributed by atoms with Gasteiger partial charge in [-0.2, -0.15) is 0 Å². The lowest BCUT2D eigenvalue weighted by Gasteiger charge is -2.35. The molecule has 0 radical (unpaired) electrons. The number of halogens is 1. The number of hydrogen-bond donors (Lipinski definition) is 1. The Morgan fingerprint density at radius 2 is 1.89 bits per heavy atom. The Labute approximate surface area is 130 Å². The maximum atomic E-state index is 3.72. The van der Waals surface area contributed by atoms with Crippen LogP contribution in [0.2, 0.25) is 0 Å². The van der Waals surface area contributed by atoms with Crippen LogP contribution in [0.3, 0.4) is 0 Å². The lowest BCUT2D eigenvalue weighted by Crippen LogP contribution is -2.31. The van der Waals surface area contributed by atoms with Gasteiger partial charge in [-0.05, 0) is 77.4 Å². The highest BCUT2D eigenvalue weighted by atomic mass is 79.9. The molecule has 1 N–H and O–H groups in total. The summed E-state index contributed by atoms with van der Waals surface area (Å²) in [5, 5.41) is 5.92. The van der Waals surface area contributed by atoms with Crippen molar-refractivity contribution >= 4 is 27.3 Å². The van der Waals surface area contributed by atoms with Gasteiger partial charge in [-0.1, -0.05) is 20.8 Å². The molecular formula is C16H26BrNS. The van der Waals surface area contributed by atoms with Gasteiger partial charge in [0.2, 0.25) is 0 Å². The monoisotopic (exact) mass is 343 g/mol. The Hall–Kier alpha value is 0.140. The second-order valence-electron chi connectivity index (χ2n) is 6.09. The second-order valence-corrected chi connectivity index (χ2v) is 7.89. The van der Waals surface area contributed by atoms with Crippen molar-refractivity contribution in [3.63, 3.8) is 0 Å². The van der Waals surface area contributed by atoms with Crippen molar-refractivity contribution in [1.82, 2.24) is 5.32 Å². The molecule has 1 aromatic heterocycles. The Kier molecular flexibility index (Phi) is 5.91. The standard InChI is InChI=1S/C16H26BrNS/c1-4-18-15(16-14(17)9-10-19-16)13-7-5-12(6-8-13)11(2)3/h9-13,15,18H,4-8H2,1-3H3. The topological polar surface area (TPSA) is 12.0 Å². The van der Waals surface area contributed by atoms with Crippen LogP contribution in [0.1, 0.15) is 57.4 Å². The van der Waals surface area contributed by atoms with E-state index in [-0.39, 0.29) is 0 Å². The first kappa shape index (κ1) is 15.5. The SMILES string of the molecule is CCNC(c1sccc1Br)C1CCC(C(C)C)CC1. The van der Waals surface area contributed by atoms with Gasteiger partial charge in [0.25, 0.3) is 0 Å². The average molecular weight is 344 g/mol. The molecule has 1 nitrogen and oxygen atoms in total. The molecule has 0 spiro atoms. The largest absolute Gasteiger partial charge is 0.309 e. The zero-order chi connectivity index (χ0) is 13.8. The lowest BCUT2D eigenvalue weighted by molar-refractivity contribution is 0.191. The molecule has 0 bridgehead atoms. The Morgan fingerprint density at radius 3 is 2.37 bits per heavy atom. The van der Waals surface area contributed by atoms with Gasteiger partial charge < -0.3 is 5.32 Å². The van der Waals surface area contributed by atoms with Gasteiger partial charge in [0.15, 0.2) is 0 Å². The molecule has 1 unspecified atom stereocenters. The van der Waals surface area contributed by atoms with E-state index in [1.165, 1.54) is 35.0 Å². The molecule has 1 aromatic rings. The molecule has 0 amide bonds. The van der Waals surface area contributed by atoms with E-state index in [1.54, 1.807) is 0 Å². The molecule has 0 saturated heterocycles. The van der Waals surface area contributed by atoms with E-state index in [0.717, 1.165) is 24.3 Å². The maximum absolute atomic E-state index is 3.72. The van der Waals surface area contributed by atoms with Gasteiger partial charge in [0.1, 0.15) is 0 Å². The Morgan fingerprint density at radius 1 is 1.26 bits per heavy atom. The van der Waals surface area contributed by atoms with Crippen molar-refractivity contribution in [2.24, 2.45) is 17.8 Å². The number of rotatable bonds is 5. The van der Waals surface area contributed by atoms with E-state index in [0.29, 0.717) is 6.04 Å². The highest BCUT2D eigenvalue weighted by molar-refractivity contribution is 9.10. The molecular weight excluding hydrogens is 318 g/mol. The van der Waals surface area contributed by atoms with E-state index in [4.69, 9.17) is 0 Å². The van der Waals surface area contributed by atoms with Crippen LogP contribution in [0.25, 0.3) is 0 Å². The fourth-order valence-corrected chi connectivity index (χ4v) is 5.15. The fraction of sp³-hybridized carbons (Fsp3) is 0.750. The molecule has 0 aromatic carbocycles. The van der Waals surface area contributed by atoms with E-state index in [1.807, 2.05) is 11.3 Å². The summed E-state index contributed by atoms with van der Waals surface area (Å²) in [6.45, 7) is 8.03. The molecule has 1 aliphatic rings. The summed E-state index contributed by atoms with van der Waals surface area (Å²) < 4.78 is 1.29. The van der Waals surface area contributed by atoms with Gasteiger partial charge in [0, 0.05) is 15.4 Å². The van der Waals surface area contributed by atoms with Gasteiger partial charge in [-0.3, -0.25) is 0 Å². The van der Waals surface area contributed by atoms with Crippen molar-refractivity contribution in [2.45, 2.75) is 52.5 Å². The van der Waals surface area contributed by atoms with Gasteiger partial charge in [-0.25, -0.2) is 0 Å². The van der Waals surface area contributed by atoms with E-state index >= 15 is 0 Å². The summed E-state index contributed by atoms with van der Waals surface area (Å²) in [5.41, 5.74) is 0. The van der Waals surface area contributed by atoms with Crippen LogP contribution in [0.5, 0.6) is 0 Å². The van der Waals surface area contributed by atoms with Crippen LogP contribution < -0.4 is 5.32 Å². The molecule has 1 atom stereocenters. The summed E-state index contributed by atoms with van der Waals surface area (Å²) in [4.78, 5) is 1.50. The summed E-state index contributed by atoms with van der Waals surface area (Å²) in [7, 11) is 0. The van der Waals surface area contributed by atoms with E-state index in [9.17, 15) is 0 Å². The average Bonchev–Trinajstić information content (AvgIpc) is 2.82. The zero-order valence-corrected chi connectivity index (χ0v) is 14.7. The predicted octanol–water partition coefficient (Wildman–Crippen LogP) is 5.62. The highest BCUT2D eigenvalue weighted by Crippen LogP contribution is 2.42. The van der Waals surface area contributed by atoms with Crippen molar-refractivity contribution < 1.29 is 0 Å². The Balaban J connectivity index is 2.03. The lowest BCUT2D eigenvalue weighted by atomic mass is 9.74. The molecule has 108 valence electrons. The first-order valence-corrected chi connectivity index (χ1v) is 9.27. The highest BCUT2D eigenvalue weighted by Gasteiger charge is 2.30. The van der Waals surface area contributed by atoms with Crippen LogP contribution in [0, 0.1) is 17.8 Å². The third kappa shape index (κ3) is 3.83. The van der Waals surface area contributed by atoms with E-state index in [2.05, 4.69) is 53.5 Å². The molecule has 1 saturated carbocycles. The Bertz CT molecular complexity index is 380. The minimum atomic E-state index is 0.549. The van der Waals surface area contributed by atoms with Crippen molar-refractivity contribution in [2.75, 3.05) is 6.54 Å². The zero-order valence-electron chi connectivity index (χ0n) is 12.3. The molecule has 2 rings (SSSR count). The molecule has 1 aliphatic carbocycles. The molecule has 19 heavy (non-hydrogen) atoms. The summed E-state index contributed by atoms with van der Waals surface area (Å²) in [6, 6.07) is 2.73. The quantitative estimate of drug-likeness (QED) is 0.731. The smallest absolute Gasteiger partial charge is 0.0454 e. The third-order valence-electron chi connectivity index (χ3n) is 4.58. The minimum absolute atomic E-state index is 0.549. The first-order chi connectivity index (χ1) is 9.13. The minimum Gasteiger partial charge on any atom is -0.309 e. The summed E-state index contributed by atoms with van der Waals surface area (Å²) in [5.74, 6) is 2.61. The predicted molar refractivity (Wildman–Crippen MR) is 88.7 cm³/mol.